The van der Waals surface area contributed by atoms with Gasteiger partial charge in [0.15, 0.2) is 0 Å². The topological polar surface area (TPSA) is 29.5 Å². The molecule has 1 aromatic carbocycles. The van der Waals surface area contributed by atoms with Gasteiger partial charge in [-0.25, -0.2) is 0 Å². The summed E-state index contributed by atoms with van der Waals surface area (Å²) in [6.07, 6.45) is 2.19. The molecule has 1 aliphatic heterocycles. The second kappa shape index (κ2) is 4.74. The Kier molecular flexibility index (Phi) is 3.34. The van der Waals surface area contributed by atoms with Gasteiger partial charge >= 0.3 is 0 Å². The molecule has 0 N–H and O–H groups in total. The standard InChI is InChI=1S/C12H14ClNO2/c1-16-11-8-9(4-5-10(11)13)12(15)14-6-2-3-7-14/h4-5,8H,2-3,6-7H2,1H3. The predicted molar refractivity (Wildman–Crippen MR) is 63.1 cm³/mol. The summed E-state index contributed by atoms with van der Waals surface area (Å²) in [7, 11) is 1.55. The van der Waals surface area contributed by atoms with Crippen LogP contribution in [0.4, 0.5) is 0 Å². The minimum atomic E-state index is 0.0625. The second-order valence-corrected chi connectivity index (χ2v) is 4.26. The number of rotatable bonds is 2. The molecule has 0 saturated carbocycles. The monoisotopic (exact) mass is 239 g/mol. The molecule has 0 radical (unpaired) electrons. The van der Waals surface area contributed by atoms with E-state index in [1.54, 1.807) is 25.3 Å². The molecule has 16 heavy (non-hydrogen) atoms. The number of likely N-dealkylation sites (tertiary alicyclic amines) is 1. The van der Waals surface area contributed by atoms with Crippen LogP contribution in [0, 0.1) is 0 Å². The summed E-state index contributed by atoms with van der Waals surface area (Å²) in [6.45, 7) is 1.70. The first kappa shape index (κ1) is 11.3. The summed E-state index contributed by atoms with van der Waals surface area (Å²) in [5, 5.41) is 0.528. The molecule has 1 amide bonds. The van der Waals surface area contributed by atoms with Crippen molar-refractivity contribution in [3.8, 4) is 5.75 Å². The summed E-state index contributed by atoms with van der Waals surface area (Å²) in [5.41, 5.74) is 0.642. The van der Waals surface area contributed by atoms with Crippen LogP contribution in [0.25, 0.3) is 0 Å². The molecule has 0 aliphatic carbocycles. The van der Waals surface area contributed by atoms with Crippen LogP contribution in [0.5, 0.6) is 5.75 Å². The molecule has 0 unspecified atom stereocenters. The first-order valence-corrected chi connectivity index (χ1v) is 5.73. The van der Waals surface area contributed by atoms with Gasteiger partial charge in [0.2, 0.25) is 0 Å². The zero-order chi connectivity index (χ0) is 11.5. The smallest absolute Gasteiger partial charge is 0.253 e. The number of benzene rings is 1. The van der Waals surface area contributed by atoms with Crippen LogP contribution in [0.15, 0.2) is 18.2 Å². The van der Waals surface area contributed by atoms with Crippen LogP contribution in [-0.4, -0.2) is 31.0 Å². The van der Waals surface area contributed by atoms with E-state index >= 15 is 0 Å². The van der Waals surface area contributed by atoms with Crippen molar-refractivity contribution in [2.45, 2.75) is 12.8 Å². The Morgan fingerprint density at radius 3 is 2.69 bits per heavy atom. The summed E-state index contributed by atoms with van der Waals surface area (Å²) in [4.78, 5) is 13.9. The van der Waals surface area contributed by atoms with Crippen LogP contribution >= 0.6 is 11.6 Å². The lowest BCUT2D eigenvalue weighted by atomic mass is 10.2. The average molecular weight is 240 g/mol. The van der Waals surface area contributed by atoms with Crippen molar-refractivity contribution in [2.24, 2.45) is 0 Å². The third-order valence-corrected chi connectivity index (χ3v) is 3.10. The molecule has 1 heterocycles. The predicted octanol–water partition coefficient (Wildman–Crippen LogP) is 2.58. The van der Waals surface area contributed by atoms with Gasteiger partial charge in [0.1, 0.15) is 5.75 Å². The van der Waals surface area contributed by atoms with Crippen molar-refractivity contribution in [1.82, 2.24) is 4.90 Å². The van der Waals surface area contributed by atoms with Gasteiger partial charge in [0.05, 0.1) is 12.1 Å². The highest BCUT2D eigenvalue weighted by Gasteiger charge is 2.20. The number of hydrogen-bond acceptors (Lipinski definition) is 2. The summed E-state index contributed by atoms with van der Waals surface area (Å²) in [6, 6.07) is 5.14. The Bertz CT molecular complexity index is 400. The highest BCUT2D eigenvalue weighted by molar-refractivity contribution is 6.32. The number of ether oxygens (including phenoxy) is 1. The Balaban J connectivity index is 2.22. The van der Waals surface area contributed by atoms with Gasteiger partial charge in [-0.15, -0.1) is 0 Å². The molecule has 0 bridgehead atoms. The molecule has 0 atom stereocenters. The first-order chi connectivity index (χ1) is 7.72. The van der Waals surface area contributed by atoms with Gasteiger partial charge in [-0.2, -0.15) is 0 Å². The van der Waals surface area contributed by atoms with Gasteiger partial charge in [-0.1, -0.05) is 11.6 Å². The van der Waals surface area contributed by atoms with Crippen LogP contribution in [0.1, 0.15) is 23.2 Å². The molecule has 1 aliphatic rings. The fourth-order valence-electron chi connectivity index (χ4n) is 1.90. The summed E-state index contributed by atoms with van der Waals surface area (Å²) < 4.78 is 5.10. The molecule has 1 saturated heterocycles. The largest absolute Gasteiger partial charge is 0.495 e. The zero-order valence-electron chi connectivity index (χ0n) is 9.20. The average Bonchev–Trinajstić information content (AvgIpc) is 2.82. The Labute approximate surface area is 100.0 Å². The summed E-state index contributed by atoms with van der Waals surface area (Å²) >= 11 is 5.91. The quantitative estimate of drug-likeness (QED) is 0.794. The maximum absolute atomic E-state index is 12.1. The van der Waals surface area contributed by atoms with E-state index in [-0.39, 0.29) is 5.91 Å². The zero-order valence-corrected chi connectivity index (χ0v) is 9.96. The van der Waals surface area contributed by atoms with E-state index in [9.17, 15) is 4.79 Å². The molecule has 3 nitrogen and oxygen atoms in total. The third-order valence-electron chi connectivity index (χ3n) is 2.79. The Morgan fingerprint density at radius 1 is 1.38 bits per heavy atom. The molecule has 4 heteroatoms. The maximum atomic E-state index is 12.1. The van der Waals surface area contributed by atoms with Crippen molar-refractivity contribution in [2.75, 3.05) is 20.2 Å². The van der Waals surface area contributed by atoms with E-state index in [1.165, 1.54) is 0 Å². The fraction of sp³-hybridized carbons (Fsp3) is 0.417. The van der Waals surface area contributed by atoms with Gasteiger partial charge in [0.25, 0.3) is 5.91 Å². The highest BCUT2D eigenvalue weighted by atomic mass is 35.5. The Morgan fingerprint density at radius 2 is 2.06 bits per heavy atom. The van der Waals surface area contributed by atoms with Gasteiger partial charge < -0.3 is 9.64 Å². The van der Waals surface area contributed by atoms with E-state index in [1.807, 2.05) is 4.90 Å². The SMILES string of the molecule is COc1cc(C(=O)N2CCCC2)ccc1Cl. The molecule has 86 valence electrons. The van der Waals surface area contributed by atoms with Crippen LogP contribution < -0.4 is 4.74 Å². The molecule has 0 spiro atoms. The third kappa shape index (κ3) is 2.14. The van der Waals surface area contributed by atoms with Crippen molar-refractivity contribution in [3.05, 3.63) is 28.8 Å². The number of carbonyl (C=O) groups is 1. The Hall–Kier alpha value is -1.22. The lowest BCUT2D eigenvalue weighted by molar-refractivity contribution is 0.0792. The number of hydrogen-bond donors (Lipinski definition) is 0. The maximum Gasteiger partial charge on any atom is 0.253 e. The van der Waals surface area contributed by atoms with Crippen molar-refractivity contribution in [1.29, 1.82) is 0 Å². The molecule has 0 aromatic heterocycles. The van der Waals surface area contributed by atoms with Crippen molar-refractivity contribution < 1.29 is 9.53 Å². The van der Waals surface area contributed by atoms with Crippen LogP contribution in [0.2, 0.25) is 5.02 Å². The first-order valence-electron chi connectivity index (χ1n) is 5.35. The molecular weight excluding hydrogens is 226 g/mol. The van der Waals surface area contributed by atoms with E-state index in [2.05, 4.69) is 0 Å². The lowest BCUT2D eigenvalue weighted by Gasteiger charge is -2.15. The summed E-state index contributed by atoms with van der Waals surface area (Å²) in [5.74, 6) is 0.610. The highest BCUT2D eigenvalue weighted by Crippen LogP contribution is 2.26. The van der Waals surface area contributed by atoms with E-state index < -0.39 is 0 Å². The van der Waals surface area contributed by atoms with Crippen LogP contribution in [0.3, 0.4) is 0 Å². The molecule has 1 aromatic rings. The van der Waals surface area contributed by atoms with Crippen molar-refractivity contribution in [3.63, 3.8) is 0 Å². The fourth-order valence-corrected chi connectivity index (χ4v) is 2.09. The van der Waals surface area contributed by atoms with E-state index in [0.29, 0.717) is 16.3 Å². The van der Waals surface area contributed by atoms with Gasteiger partial charge in [0, 0.05) is 18.7 Å². The van der Waals surface area contributed by atoms with E-state index in [0.717, 1.165) is 25.9 Å². The van der Waals surface area contributed by atoms with Crippen molar-refractivity contribution >= 4 is 17.5 Å². The minimum Gasteiger partial charge on any atom is -0.495 e. The normalized spacial score (nSPS) is 15.2. The molecule has 1 fully saturated rings. The van der Waals surface area contributed by atoms with Gasteiger partial charge in [-0.3, -0.25) is 4.79 Å². The lowest BCUT2D eigenvalue weighted by Crippen LogP contribution is -2.27. The second-order valence-electron chi connectivity index (χ2n) is 3.85. The molecule has 2 rings (SSSR count). The number of halogens is 1. The van der Waals surface area contributed by atoms with Gasteiger partial charge in [-0.05, 0) is 31.0 Å². The number of nitrogens with zero attached hydrogens (tertiary/aromatic N) is 1. The van der Waals surface area contributed by atoms with Crippen LogP contribution in [-0.2, 0) is 0 Å². The minimum absolute atomic E-state index is 0.0625. The number of amides is 1. The van der Waals surface area contributed by atoms with E-state index in [4.69, 9.17) is 16.3 Å². The number of carbonyl (C=O) groups excluding carboxylic acids is 1. The number of methoxy groups -OCH3 is 1. The molecular formula is C12H14ClNO2.